The number of aliphatic hydroxyl groups is 1. The lowest BCUT2D eigenvalue weighted by Crippen LogP contribution is -2.04. The molecule has 78 valence electrons. The first-order valence-corrected chi connectivity index (χ1v) is 5.00. The molecule has 1 aromatic carbocycles. The van der Waals surface area contributed by atoms with E-state index >= 15 is 0 Å². The number of phenolic OH excluding ortho intramolecular Hbond substituents is 1. The van der Waals surface area contributed by atoms with Crippen LogP contribution in [-0.4, -0.2) is 16.3 Å². The van der Waals surface area contributed by atoms with Crippen molar-refractivity contribution in [3.8, 4) is 5.75 Å². The number of hydrogen-bond donors (Lipinski definition) is 2. The molecule has 14 heavy (non-hydrogen) atoms. The van der Waals surface area contributed by atoms with Gasteiger partial charge in [-0.2, -0.15) is 0 Å². The summed E-state index contributed by atoms with van der Waals surface area (Å²) in [6.45, 7) is 5.89. The highest BCUT2D eigenvalue weighted by molar-refractivity contribution is 5.37. The van der Waals surface area contributed by atoms with Crippen molar-refractivity contribution in [2.45, 2.75) is 39.2 Å². The molecule has 1 unspecified atom stereocenters. The molecule has 0 amide bonds. The van der Waals surface area contributed by atoms with E-state index in [-0.39, 0.29) is 5.75 Å². The van der Waals surface area contributed by atoms with Crippen molar-refractivity contribution in [3.05, 3.63) is 29.3 Å². The molecule has 0 aromatic heterocycles. The zero-order valence-electron chi connectivity index (χ0n) is 8.99. The van der Waals surface area contributed by atoms with Crippen LogP contribution in [-0.2, 0) is 6.42 Å². The van der Waals surface area contributed by atoms with E-state index < -0.39 is 6.10 Å². The van der Waals surface area contributed by atoms with Crippen LogP contribution >= 0.6 is 0 Å². The van der Waals surface area contributed by atoms with Crippen LogP contribution in [0, 0.1) is 0 Å². The second-order valence-electron chi connectivity index (χ2n) is 4.10. The van der Waals surface area contributed by atoms with Crippen LogP contribution in [0.25, 0.3) is 0 Å². The Morgan fingerprint density at radius 2 is 1.86 bits per heavy atom. The molecule has 0 aliphatic carbocycles. The minimum Gasteiger partial charge on any atom is -0.508 e. The summed E-state index contributed by atoms with van der Waals surface area (Å²) in [5, 5.41) is 18.9. The molecular weight excluding hydrogens is 176 g/mol. The van der Waals surface area contributed by atoms with E-state index in [4.69, 9.17) is 0 Å². The summed E-state index contributed by atoms with van der Waals surface area (Å²) in [5.74, 6) is 0.707. The molecule has 2 nitrogen and oxygen atoms in total. The Morgan fingerprint density at radius 3 is 2.29 bits per heavy atom. The summed E-state index contributed by atoms with van der Waals surface area (Å²) in [6, 6.07) is 5.67. The molecule has 0 radical (unpaired) electrons. The largest absolute Gasteiger partial charge is 0.508 e. The average Bonchev–Trinajstić information content (AvgIpc) is 2.07. The maximum Gasteiger partial charge on any atom is 0.119 e. The van der Waals surface area contributed by atoms with E-state index in [9.17, 15) is 10.2 Å². The van der Waals surface area contributed by atoms with E-state index in [1.165, 1.54) is 0 Å². The summed E-state index contributed by atoms with van der Waals surface area (Å²) < 4.78 is 0. The van der Waals surface area contributed by atoms with Crippen LogP contribution < -0.4 is 0 Å². The quantitative estimate of drug-likeness (QED) is 0.776. The summed E-state index contributed by atoms with van der Waals surface area (Å²) in [7, 11) is 0. The van der Waals surface area contributed by atoms with Gasteiger partial charge in [-0.05, 0) is 30.0 Å². The predicted octanol–water partition coefficient (Wildman–Crippen LogP) is 2.44. The van der Waals surface area contributed by atoms with E-state index in [0.717, 1.165) is 11.1 Å². The molecule has 1 rings (SSSR count). The maximum absolute atomic E-state index is 9.68. The lowest BCUT2D eigenvalue weighted by Gasteiger charge is -2.10. The Bertz CT molecular complexity index is 303. The second-order valence-corrected chi connectivity index (χ2v) is 4.10. The van der Waals surface area contributed by atoms with Gasteiger partial charge in [0.25, 0.3) is 0 Å². The van der Waals surface area contributed by atoms with Gasteiger partial charge in [-0.15, -0.1) is 0 Å². The Labute approximate surface area is 85.2 Å². The lowest BCUT2D eigenvalue weighted by atomic mass is 9.99. The molecule has 2 heteroatoms. The molecule has 0 heterocycles. The van der Waals surface area contributed by atoms with Crippen LogP contribution in [0.3, 0.4) is 0 Å². The van der Waals surface area contributed by atoms with Crippen LogP contribution in [0.15, 0.2) is 18.2 Å². The zero-order chi connectivity index (χ0) is 10.7. The molecule has 0 bridgehead atoms. The number of hydrogen-bond acceptors (Lipinski definition) is 2. The third kappa shape index (κ3) is 2.74. The van der Waals surface area contributed by atoms with Crippen molar-refractivity contribution in [3.63, 3.8) is 0 Å². The van der Waals surface area contributed by atoms with Gasteiger partial charge in [0.15, 0.2) is 0 Å². The van der Waals surface area contributed by atoms with E-state index in [0.29, 0.717) is 12.3 Å². The predicted molar refractivity (Wildman–Crippen MR) is 57.6 cm³/mol. The normalized spacial score (nSPS) is 13.2. The Balaban J connectivity index is 2.90. The molecule has 0 fully saturated rings. The van der Waals surface area contributed by atoms with Crippen molar-refractivity contribution < 1.29 is 10.2 Å². The fraction of sp³-hybridized carbons (Fsp3) is 0.500. The van der Waals surface area contributed by atoms with E-state index in [1.54, 1.807) is 13.0 Å². The van der Waals surface area contributed by atoms with Gasteiger partial charge in [0.1, 0.15) is 5.75 Å². The Kier molecular flexibility index (Phi) is 3.53. The van der Waals surface area contributed by atoms with Gasteiger partial charge in [0, 0.05) is 6.42 Å². The van der Waals surface area contributed by atoms with Gasteiger partial charge in [-0.25, -0.2) is 0 Å². The second kappa shape index (κ2) is 4.47. The van der Waals surface area contributed by atoms with Crippen molar-refractivity contribution in [2.75, 3.05) is 0 Å². The summed E-state index contributed by atoms with van der Waals surface area (Å²) in [5.41, 5.74) is 1.93. The Hall–Kier alpha value is -1.02. The van der Waals surface area contributed by atoms with Crippen LogP contribution in [0.2, 0.25) is 0 Å². The monoisotopic (exact) mass is 194 g/mol. The van der Waals surface area contributed by atoms with Gasteiger partial charge < -0.3 is 10.2 Å². The highest BCUT2D eigenvalue weighted by Crippen LogP contribution is 2.24. The molecular formula is C12H18O2. The third-order valence-corrected chi connectivity index (χ3v) is 2.29. The topological polar surface area (TPSA) is 40.5 Å². The maximum atomic E-state index is 9.68. The SMILES string of the molecule is CC(O)Cc1ccc(C(C)C)cc1O. The fourth-order valence-electron chi connectivity index (χ4n) is 1.43. The first-order chi connectivity index (χ1) is 6.50. The minimum absolute atomic E-state index is 0.289. The van der Waals surface area contributed by atoms with Crippen molar-refractivity contribution in [2.24, 2.45) is 0 Å². The van der Waals surface area contributed by atoms with Gasteiger partial charge in [-0.3, -0.25) is 0 Å². The van der Waals surface area contributed by atoms with Gasteiger partial charge in [0.05, 0.1) is 6.10 Å². The van der Waals surface area contributed by atoms with Gasteiger partial charge in [0.2, 0.25) is 0 Å². The number of phenols is 1. The zero-order valence-corrected chi connectivity index (χ0v) is 8.99. The third-order valence-electron chi connectivity index (χ3n) is 2.29. The Morgan fingerprint density at radius 1 is 1.21 bits per heavy atom. The molecule has 0 aliphatic rings. The van der Waals surface area contributed by atoms with Gasteiger partial charge >= 0.3 is 0 Å². The average molecular weight is 194 g/mol. The van der Waals surface area contributed by atoms with E-state index in [2.05, 4.69) is 13.8 Å². The molecule has 1 aromatic rings. The molecule has 0 saturated heterocycles. The number of aliphatic hydroxyl groups excluding tert-OH is 1. The highest BCUT2D eigenvalue weighted by atomic mass is 16.3. The number of aromatic hydroxyl groups is 1. The summed E-state index contributed by atoms with van der Waals surface area (Å²) >= 11 is 0. The van der Waals surface area contributed by atoms with Crippen molar-refractivity contribution in [1.29, 1.82) is 0 Å². The lowest BCUT2D eigenvalue weighted by molar-refractivity contribution is 0.194. The molecule has 0 aliphatic heterocycles. The number of benzene rings is 1. The molecule has 0 spiro atoms. The molecule has 2 N–H and O–H groups in total. The smallest absolute Gasteiger partial charge is 0.119 e. The number of rotatable bonds is 3. The first-order valence-electron chi connectivity index (χ1n) is 5.00. The van der Waals surface area contributed by atoms with Crippen LogP contribution in [0.5, 0.6) is 5.75 Å². The first kappa shape index (κ1) is 11.1. The summed E-state index contributed by atoms with van der Waals surface area (Å²) in [4.78, 5) is 0. The van der Waals surface area contributed by atoms with E-state index in [1.807, 2.05) is 12.1 Å². The van der Waals surface area contributed by atoms with Crippen LogP contribution in [0.4, 0.5) is 0 Å². The summed E-state index contributed by atoms with van der Waals surface area (Å²) in [6.07, 6.45) is 0.0929. The highest BCUT2D eigenvalue weighted by Gasteiger charge is 2.07. The fourth-order valence-corrected chi connectivity index (χ4v) is 1.43. The van der Waals surface area contributed by atoms with Crippen molar-refractivity contribution >= 4 is 0 Å². The van der Waals surface area contributed by atoms with Crippen molar-refractivity contribution in [1.82, 2.24) is 0 Å². The molecule has 0 saturated carbocycles. The van der Waals surface area contributed by atoms with Crippen LogP contribution in [0.1, 0.15) is 37.8 Å². The van der Waals surface area contributed by atoms with Gasteiger partial charge in [-0.1, -0.05) is 26.0 Å². The minimum atomic E-state index is -0.411. The molecule has 1 atom stereocenters. The standard InChI is InChI=1S/C12H18O2/c1-8(2)10-4-5-11(6-9(3)13)12(14)7-10/h4-5,7-9,13-14H,6H2,1-3H3.